The van der Waals surface area contributed by atoms with Gasteiger partial charge in [0.05, 0.1) is 12.2 Å². The second kappa shape index (κ2) is 6.12. The van der Waals surface area contributed by atoms with Crippen LogP contribution in [0.5, 0.6) is 0 Å². The molecule has 1 heterocycles. The lowest BCUT2D eigenvalue weighted by molar-refractivity contribution is 0.460. The third-order valence-corrected chi connectivity index (χ3v) is 2.96. The summed E-state index contributed by atoms with van der Waals surface area (Å²) in [5.41, 5.74) is 0.661. The maximum absolute atomic E-state index is 12.9. The van der Waals surface area contributed by atoms with E-state index in [9.17, 15) is 4.39 Å². The molecule has 19 heavy (non-hydrogen) atoms. The third kappa shape index (κ3) is 4.00. The largest absolute Gasteiger partial charge is 0.406 e. The molecule has 0 atom stereocenters. The van der Waals surface area contributed by atoms with E-state index >= 15 is 0 Å². The Morgan fingerprint density at radius 1 is 1.37 bits per heavy atom. The molecule has 2 rings (SSSR count). The molecule has 102 valence electrons. The van der Waals surface area contributed by atoms with Crippen LogP contribution < -0.4 is 10.6 Å². The molecule has 0 saturated heterocycles. The van der Waals surface area contributed by atoms with Crippen LogP contribution in [0.3, 0.4) is 0 Å². The van der Waals surface area contributed by atoms with Gasteiger partial charge >= 0.3 is 6.01 Å². The average molecular weight is 329 g/mol. The van der Waals surface area contributed by atoms with Crippen molar-refractivity contribution in [3.63, 3.8) is 0 Å². The molecule has 0 aliphatic heterocycles. The molecule has 0 aliphatic rings. The van der Waals surface area contributed by atoms with Crippen molar-refractivity contribution in [1.82, 2.24) is 15.5 Å². The van der Waals surface area contributed by atoms with Gasteiger partial charge in [-0.15, -0.1) is 5.10 Å². The van der Waals surface area contributed by atoms with Crippen molar-refractivity contribution in [3.8, 4) is 0 Å². The van der Waals surface area contributed by atoms with Crippen LogP contribution in [0.15, 0.2) is 27.1 Å². The number of benzene rings is 1. The molecule has 0 saturated carbocycles. The Kier molecular flexibility index (Phi) is 4.49. The molecule has 0 amide bonds. The van der Waals surface area contributed by atoms with Crippen molar-refractivity contribution in [2.75, 3.05) is 5.32 Å². The molecular formula is C12H14BrFN4O. The van der Waals surface area contributed by atoms with Crippen molar-refractivity contribution in [3.05, 3.63) is 34.4 Å². The van der Waals surface area contributed by atoms with Crippen LogP contribution in [-0.2, 0) is 6.54 Å². The van der Waals surface area contributed by atoms with Gasteiger partial charge in [-0.05, 0) is 34.1 Å². The Balaban J connectivity index is 2.03. The summed E-state index contributed by atoms with van der Waals surface area (Å²) in [5.74, 6) is 0.180. The monoisotopic (exact) mass is 328 g/mol. The van der Waals surface area contributed by atoms with Crippen LogP contribution in [0, 0.1) is 5.82 Å². The van der Waals surface area contributed by atoms with E-state index in [1.807, 2.05) is 13.8 Å². The lowest BCUT2D eigenvalue weighted by Crippen LogP contribution is -2.21. The number of nitrogens with zero attached hydrogens (tertiary/aromatic N) is 2. The number of nitrogens with one attached hydrogen (secondary N) is 2. The summed E-state index contributed by atoms with van der Waals surface area (Å²) in [7, 11) is 0. The fraction of sp³-hybridized carbons (Fsp3) is 0.333. The van der Waals surface area contributed by atoms with Crippen LogP contribution in [0.1, 0.15) is 19.7 Å². The highest BCUT2D eigenvalue weighted by Gasteiger charge is 2.08. The number of anilines is 2. The summed E-state index contributed by atoms with van der Waals surface area (Å²) < 4.78 is 19.0. The molecule has 0 fully saturated rings. The van der Waals surface area contributed by atoms with Crippen molar-refractivity contribution in [2.45, 2.75) is 26.4 Å². The number of hydrogen-bond acceptors (Lipinski definition) is 5. The predicted molar refractivity (Wildman–Crippen MR) is 73.7 cm³/mol. The Bertz CT molecular complexity index is 558. The molecule has 2 aromatic rings. The second-order valence-electron chi connectivity index (χ2n) is 4.29. The van der Waals surface area contributed by atoms with Crippen LogP contribution >= 0.6 is 15.9 Å². The smallest absolute Gasteiger partial charge is 0.320 e. The van der Waals surface area contributed by atoms with Crippen LogP contribution in [0.4, 0.5) is 16.1 Å². The van der Waals surface area contributed by atoms with Crippen molar-refractivity contribution in [2.24, 2.45) is 0 Å². The Labute approximate surface area is 118 Å². The first-order chi connectivity index (χ1) is 9.04. The first-order valence-corrected chi connectivity index (χ1v) is 6.61. The minimum Gasteiger partial charge on any atom is -0.406 e. The molecule has 5 nitrogen and oxygen atoms in total. The van der Waals surface area contributed by atoms with Gasteiger partial charge in [-0.1, -0.05) is 18.9 Å². The summed E-state index contributed by atoms with van der Waals surface area (Å²) in [6.45, 7) is 4.58. The fourth-order valence-corrected chi connectivity index (χ4v) is 1.82. The maximum Gasteiger partial charge on any atom is 0.320 e. The molecule has 1 aromatic carbocycles. The average Bonchev–Trinajstić information content (AvgIpc) is 2.78. The molecule has 0 radical (unpaired) electrons. The van der Waals surface area contributed by atoms with E-state index < -0.39 is 0 Å². The number of hydrogen-bond donors (Lipinski definition) is 2. The van der Waals surface area contributed by atoms with Gasteiger partial charge < -0.3 is 15.1 Å². The molecule has 0 bridgehead atoms. The quantitative estimate of drug-likeness (QED) is 0.882. The highest BCUT2D eigenvalue weighted by atomic mass is 79.9. The van der Waals surface area contributed by atoms with Crippen molar-refractivity contribution in [1.29, 1.82) is 0 Å². The number of aromatic nitrogens is 2. The van der Waals surface area contributed by atoms with Crippen molar-refractivity contribution >= 4 is 27.6 Å². The highest BCUT2D eigenvalue weighted by Crippen LogP contribution is 2.25. The van der Waals surface area contributed by atoms with Gasteiger partial charge in [0.25, 0.3) is 0 Å². The summed E-state index contributed by atoms with van der Waals surface area (Å²) in [6.07, 6.45) is 0. The summed E-state index contributed by atoms with van der Waals surface area (Å²) in [6, 6.07) is 4.92. The fourth-order valence-electron chi connectivity index (χ4n) is 1.37. The van der Waals surface area contributed by atoms with E-state index in [4.69, 9.17) is 4.42 Å². The normalized spacial score (nSPS) is 11.0. The van der Waals surface area contributed by atoms with Crippen LogP contribution in [-0.4, -0.2) is 16.2 Å². The lowest BCUT2D eigenvalue weighted by atomic mass is 10.3. The number of halogens is 2. The van der Waals surface area contributed by atoms with Gasteiger partial charge in [0.15, 0.2) is 0 Å². The van der Waals surface area contributed by atoms with E-state index in [-0.39, 0.29) is 11.8 Å². The zero-order valence-corrected chi connectivity index (χ0v) is 12.2. The van der Waals surface area contributed by atoms with E-state index in [0.29, 0.717) is 28.6 Å². The summed E-state index contributed by atoms with van der Waals surface area (Å²) in [4.78, 5) is 0. The lowest BCUT2D eigenvalue weighted by Gasteiger charge is -2.04. The first kappa shape index (κ1) is 14.0. The number of rotatable bonds is 5. The van der Waals surface area contributed by atoms with Crippen LogP contribution in [0.2, 0.25) is 0 Å². The summed E-state index contributed by atoms with van der Waals surface area (Å²) in [5, 5.41) is 13.9. The van der Waals surface area contributed by atoms with E-state index in [0.717, 1.165) is 0 Å². The summed E-state index contributed by atoms with van der Waals surface area (Å²) >= 11 is 3.26. The molecular weight excluding hydrogens is 315 g/mol. The standard InChI is InChI=1S/C12H14BrFN4O/c1-7(2)15-6-11-17-18-12(19-11)16-10-4-3-8(14)5-9(10)13/h3-5,7,15H,6H2,1-2H3,(H,16,18). The van der Waals surface area contributed by atoms with Gasteiger partial charge in [0.2, 0.25) is 5.89 Å². The van der Waals surface area contributed by atoms with E-state index in [2.05, 4.69) is 36.8 Å². The van der Waals surface area contributed by atoms with Gasteiger partial charge in [-0.2, -0.15) is 0 Å². The van der Waals surface area contributed by atoms with Crippen molar-refractivity contribution < 1.29 is 8.81 Å². The molecule has 0 spiro atoms. The van der Waals surface area contributed by atoms with Gasteiger partial charge in [0.1, 0.15) is 5.82 Å². The molecule has 0 unspecified atom stereocenters. The highest BCUT2D eigenvalue weighted by molar-refractivity contribution is 9.10. The zero-order valence-electron chi connectivity index (χ0n) is 10.6. The third-order valence-electron chi connectivity index (χ3n) is 2.30. The molecule has 2 N–H and O–H groups in total. The zero-order chi connectivity index (χ0) is 13.8. The Morgan fingerprint density at radius 2 is 2.16 bits per heavy atom. The second-order valence-corrected chi connectivity index (χ2v) is 5.14. The van der Waals surface area contributed by atoms with Gasteiger partial charge in [0, 0.05) is 10.5 Å². The first-order valence-electron chi connectivity index (χ1n) is 5.82. The van der Waals surface area contributed by atoms with E-state index in [1.165, 1.54) is 12.1 Å². The van der Waals surface area contributed by atoms with Crippen LogP contribution in [0.25, 0.3) is 0 Å². The van der Waals surface area contributed by atoms with Gasteiger partial charge in [-0.25, -0.2) is 4.39 Å². The Hall–Kier alpha value is -1.47. The molecule has 7 heteroatoms. The predicted octanol–water partition coefficient (Wildman–Crippen LogP) is 3.21. The minimum absolute atomic E-state index is 0.271. The minimum atomic E-state index is -0.315. The Morgan fingerprint density at radius 3 is 2.84 bits per heavy atom. The molecule has 1 aromatic heterocycles. The topological polar surface area (TPSA) is 63.0 Å². The van der Waals surface area contributed by atoms with Gasteiger partial charge in [-0.3, -0.25) is 0 Å². The van der Waals surface area contributed by atoms with E-state index in [1.54, 1.807) is 6.07 Å². The maximum atomic E-state index is 12.9. The SMILES string of the molecule is CC(C)NCc1nnc(Nc2ccc(F)cc2Br)o1. The molecule has 0 aliphatic carbocycles.